The van der Waals surface area contributed by atoms with Crippen molar-refractivity contribution in [2.75, 3.05) is 31.8 Å². The Balaban J connectivity index is 2.08. The molecule has 0 unspecified atom stereocenters. The van der Waals surface area contributed by atoms with Crippen LogP contribution in [-0.4, -0.2) is 54.1 Å². The molecular formula is C9H14N2O3S. The summed E-state index contributed by atoms with van der Waals surface area (Å²) in [5, 5.41) is 2.80. The summed E-state index contributed by atoms with van der Waals surface area (Å²) in [5.74, 6) is 1.54. The van der Waals surface area contributed by atoms with Crippen molar-refractivity contribution in [3.05, 3.63) is 0 Å². The number of hydrogen-bond acceptors (Lipinski definition) is 4. The highest BCUT2D eigenvalue weighted by molar-refractivity contribution is 7.99. The zero-order valence-electron chi connectivity index (χ0n) is 8.62. The quantitative estimate of drug-likeness (QED) is 0.697. The molecule has 0 aliphatic carbocycles. The average molecular weight is 230 g/mol. The Hall–Kier alpha value is -0.750. The molecule has 84 valence electrons. The van der Waals surface area contributed by atoms with Crippen LogP contribution < -0.4 is 5.32 Å². The van der Waals surface area contributed by atoms with Gasteiger partial charge >= 0.3 is 6.03 Å². The summed E-state index contributed by atoms with van der Waals surface area (Å²) in [5.41, 5.74) is -0.616. The Morgan fingerprint density at radius 1 is 1.60 bits per heavy atom. The van der Waals surface area contributed by atoms with Crippen molar-refractivity contribution in [2.45, 2.75) is 12.0 Å². The number of nitrogens with zero attached hydrogens (tertiary/aromatic N) is 1. The lowest BCUT2D eigenvalue weighted by atomic mass is 9.99. The molecule has 0 bridgehead atoms. The van der Waals surface area contributed by atoms with Crippen LogP contribution in [0.1, 0.15) is 6.42 Å². The van der Waals surface area contributed by atoms with Gasteiger partial charge in [0.25, 0.3) is 5.91 Å². The van der Waals surface area contributed by atoms with E-state index in [1.165, 1.54) is 4.90 Å². The third-order valence-corrected chi connectivity index (χ3v) is 3.98. The zero-order valence-corrected chi connectivity index (χ0v) is 9.43. The van der Waals surface area contributed by atoms with Gasteiger partial charge in [-0.05, 0) is 12.2 Å². The molecule has 1 atom stereocenters. The molecule has 2 fully saturated rings. The Labute approximate surface area is 92.5 Å². The van der Waals surface area contributed by atoms with Gasteiger partial charge in [-0.1, -0.05) is 0 Å². The number of carbonyl (C=O) groups excluding carboxylic acids is 2. The lowest BCUT2D eigenvalue weighted by Gasteiger charge is -2.18. The first kappa shape index (κ1) is 10.8. The number of carbonyl (C=O) groups is 2. The molecule has 0 radical (unpaired) electrons. The second-order valence-electron chi connectivity index (χ2n) is 3.76. The molecule has 0 saturated carbocycles. The van der Waals surface area contributed by atoms with Crippen LogP contribution in [0.25, 0.3) is 0 Å². The molecule has 0 aromatic carbocycles. The van der Waals surface area contributed by atoms with Gasteiger partial charge in [-0.25, -0.2) is 4.79 Å². The van der Waals surface area contributed by atoms with Crippen LogP contribution in [-0.2, 0) is 9.53 Å². The van der Waals surface area contributed by atoms with Gasteiger partial charge in [0.05, 0.1) is 13.2 Å². The van der Waals surface area contributed by atoms with Crippen molar-refractivity contribution in [1.29, 1.82) is 0 Å². The molecule has 1 spiro atoms. The molecule has 0 aromatic rings. The van der Waals surface area contributed by atoms with Gasteiger partial charge in [-0.15, -0.1) is 0 Å². The van der Waals surface area contributed by atoms with Crippen molar-refractivity contribution in [3.8, 4) is 0 Å². The third kappa shape index (κ3) is 1.72. The molecule has 15 heavy (non-hydrogen) atoms. The molecule has 2 rings (SSSR count). The largest absolute Gasteiger partial charge is 0.383 e. The molecule has 3 amide bonds. The molecule has 0 aromatic heterocycles. The smallest absolute Gasteiger partial charge is 0.325 e. The summed E-state index contributed by atoms with van der Waals surface area (Å²) in [4.78, 5) is 24.9. The van der Waals surface area contributed by atoms with E-state index in [9.17, 15) is 9.59 Å². The molecule has 2 saturated heterocycles. The van der Waals surface area contributed by atoms with E-state index in [1.807, 2.05) is 0 Å². The van der Waals surface area contributed by atoms with Crippen molar-refractivity contribution >= 4 is 23.7 Å². The van der Waals surface area contributed by atoms with Crippen LogP contribution in [0.2, 0.25) is 0 Å². The highest BCUT2D eigenvalue weighted by Gasteiger charge is 2.52. The number of imide groups is 1. The second kappa shape index (κ2) is 4.02. The summed E-state index contributed by atoms with van der Waals surface area (Å²) < 4.78 is 4.87. The maximum Gasteiger partial charge on any atom is 0.325 e. The zero-order chi connectivity index (χ0) is 10.9. The Morgan fingerprint density at radius 2 is 2.40 bits per heavy atom. The second-order valence-corrected chi connectivity index (χ2v) is 4.87. The fourth-order valence-electron chi connectivity index (χ4n) is 1.89. The van der Waals surface area contributed by atoms with Gasteiger partial charge < -0.3 is 10.1 Å². The number of hydrogen-bond donors (Lipinski definition) is 1. The van der Waals surface area contributed by atoms with Crippen LogP contribution in [0.3, 0.4) is 0 Å². The van der Waals surface area contributed by atoms with E-state index in [4.69, 9.17) is 4.74 Å². The van der Waals surface area contributed by atoms with E-state index in [0.29, 0.717) is 18.9 Å². The third-order valence-electron chi connectivity index (χ3n) is 2.79. The van der Waals surface area contributed by atoms with Crippen LogP contribution in [0, 0.1) is 0 Å². The van der Waals surface area contributed by atoms with E-state index in [0.717, 1.165) is 12.2 Å². The fourth-order valence-corrected chi connectivity index (χ4v) is 3.22. The molecule has 1 N–H and O–H groups in total. The lowest BCUT2D eigenvalue weighted by Crippen LogP contribution is -2.47. The normalized spacial score (nSPS) is 30.3. The van der Waals surface area contributed by atoms with E-state index < -0.39 is 5.54 Å². The van der Waals surface area contributed by atoms with Gasteiger partial charge in [-0.2, -0.15) is 11.8 Å². The predicted molar refractivity (Wildman–Crippen MR) is 56.8 cm³/mol. The number of methoxy groups -OCH3 is 1. The first-order valence-corrected chi connectivity index (χ1v) is 6.06. The van der Waals surface area contributed by atoms with Crippen LogP contribution in [0.5, 0.6) is 0 Å². The first-order chi connectivity index (χ1) is 7.19. The maximum absolute atomic E-state index is 12.0. The Morgan fingerprint density at radius 3 is 3.00 bits per heavy atom. The molecule has 2 heterocycles. The summed E-state index contributed by atoms with van der Waals surface area (Å²) in [6.07, 6.45) is 0.742. The highest BCUT2D eigenvalue weighted by Crippen LogP contribution is 2.33. The van der Waals surface area contributed by atoms with Gasteiger partial charge in [0, 0.05) is 12.9 Å². The number of ether oxygens (including phenoxy) is 1. The van der Waals surface area contributed by atoms with Crippen LogP contribution in [0.4, 0.5) is 4.79 Å². The van der Waals surface area contributed by atoms with Gasteiger partial charge in [0.1, 0.15) is 5.54 Å². The minimum atomic E-state index is -0.616. The Bertz CT molecular complexity index is 289. The molecule has 5 nitrogen and oxygen atoms in total. The van der Waals surface area contributed by atoms with E-state index >= 15 is 0 Å². The predicted octanol–water partition coefficient (Wildman–Crippen LogP) is 0.0603. The fraction of sp³-hybridized carbons (Fsp3) is 0.778. The van der Waals surface area contributed by atoms with E-state index in [2.05, 4.69) is 5.32 Å². The number of nitrogens with one attached hydrogen (secondary N) is 1. The van der Waals surface area contributed by atoms with Crippen molar-refractivity contribution < 1.29 is 14.3 Å². The number of rotatable bonds is 3. The van der Waals surface area contributed by atoms with Gasteiger partial charge in [0.15, 0.2) is 0 Å². The van der Waals surface area contributed by atoms with E-state index in [-0.39, 0.29) is 11.9 Å². The highest BCUT2D eigenvalue weighted by atomic mass is 32.2. The SMILES string of the molecule is COCCN1C(=O)N[C@@]2(CCSC2)C1=O. The van der Waals surface area contributed by atoms with Crippen molar-refractivity contribution in [2.24, 2.45) is 0 Å². The maximum atomic E-state index is 12.0. The lowest BCUT2D eigenvalue weighted by molar-refractivity contribution is -0.130. The standard InChI is InChI=1S/C9H14N2O3S/c1-14-4-3-11-7(12)9(10-8(11)13)2-5-15-6-9/h2-6H2,1H3,(H,10,13)/t9-/m1/s1. The van der Waals surface area contributed by atoms with Crippen molar-refractivity contribution in [1.82, 2.24) is 10.2 Å². The molecule has 2 aliphatic rings. The minimum absolute atomic E-state index is 0.0884. The van der Waals surface area contributed by atoms with Gasteiger partial charge in [0.2, 0.25) is 0 Å². The number of amides is 3. The molecule has 2 aliphatic heterocycles. The number of urea groups is 1. The summed E-state index contributed by atoms with van der Waals surface area (Å²) in [6, 6.07) is -0.278. The summed E-state index contributed by atoms with van der Waals surface area (Å²) in [7, 11) is 1.56. The van der Waals surface area contributed by atoms with Gasteiger partial charge in [-0.3, -0.25) is 9.69 Å². The van der Waals surface area contributed by atoms with Crippen LogP contribution >= 0.6 is 11.8 Å². The Kier molecular flexibility index (Phi) is 2.88. The molecule has 6 heteroatoms. The average Bonchev–Trinajstić information content (AvgIpc) is 2.75. The monoisotopic (exact) mass is 230 g/mol. The van der Waals surface area contributed by atoms with Crippen LogP contribution in [0.15, 0.2) is 0 Å². The minimum Gasteiger partial charge on any atom is -0.383 e. The number of thioether (sulfide) groups is 1. The van der Waals surface area contributed by atoms with Crippen molar-refractivity contribution in [3.63, 3.8) is 0 Å². The molecular weight excluding hydrogens is 216 g/mol. The topological polar surface area (TPSA) is 58.6 Å². The first-order valence-electron chi connectivity index (χ1n) is 4.90. The summed E-state index contributed by atoms with van der Waals surface area (Å²) in [6.45, 7) is 0.732. The van der Waals surface area contributed by atoms with E-state index in [1.54, 1.807) is 18.9 Å². The summed E-state index contributed by atoms with van der Waals surface area (Å²) >= 11 is 1.71.